The third-order valence-electron chi connectivity index (χ3n) is 2.95. The van der Waals surface area contributed by atoms with Gasteiger partial charge < -0.3 is 9.73 Å². The lowest BCUT2D eigenvalue weighted by Gasteiger charge is -1.98. The van der Waals surface area contributed by atoms with E-state index in [0.29, 0.717) is 0 Å². The van der Waals surface area contributed by atoms with Gasteiger partial charge in [0, 0.05) is 19.4 Å². The Morgan fingerprint density at radius 1 is 0.833 bits per heavy atom. The highest BCUT2D eigenvalue weighted by molar-refractivity contribution is 4.82. The molecule has 1 heterocycles. The van der Waals surface area contributed by atoms with E-state index in [4.69, 9.17) is 4.42 Å². The Kier molecular flexibility index (Phi) is 8.47. The predicted octanol–water partition coefficient (Wildman–Crippen LogP) is 3.12. The van der Waals surface area contributed by atoms with Crippen molar-refractivity contribution in [2.24, 2.45) is 0 Å². The number of aromatic nitrogens is 2. The molecule has 4 nitrogen and oxygen atoms in total. The average Bonchev–Trinajstić information content (AvgIpc) is 2.82. The molecule has 1 rings (SSSR count). The summed E-state index contributed by atoms with van der Waals surface area (Å²) in [4.78, 5) is 0. The molecule has 0 saturated heterocycles. The van der Waals surface area contributed by atoms with Gasteiger partial charge in [-0.15, -0.1) is 10.2 Å². The van der Waals surface area contributed by atoms with Crippen molar-refractivity contribution in [1.82, 2.24) is 15.5 Å². The van der Waals surface area contributed by atoms with Crippen molar-refractivity contribution in [3.63, 3.8) is 0 Å². The zero-order valence-corrected chi connectivity index (χ0v) is 11.9. The van der Waals surface area contributed by atoms with Crippen LogP contribution in [0.15, 0.2) is 4.42 Å². The van der Waals surface area contributed by atoms with E-state index < -0.39 is 0 Å². The third-order valence-corrected chi connectivity index (χ3v) is 2.95. The molecule has 0 saturated carbocycles. The molecule has 0 atom stereocenters. The van der Waals surface area contributed by atoms with E-state index in [2.05, 4.69) is 29.4 Å². The summed E-state index contributed by atoms with van der Waals surface area (Å²) < 4.78 is 5.61. The van der Waals surface area contributed by atoms with Crippen LogP contribution in [-0.2, 0) is 12.8 Å². The monoisotopic (exact) mass is 253 g/mol. The highest BCUT2D eigenvalue weighted by atomic mass is 16.4. The summed E-state index contributed by atoms with van der Waals surface area (Å²) in [6, 6.07) is 0. The molecule has 18 heavy (non-hydrogen) atoms. The van der Waals surface area contributed by atoms with Gasteiger partial charge in [0.2, 0.25) is 11.8 Å². The zero-order chi connectivity index (χ0) is 13.1. The number of unbranched alkanes of at least 4 members (excludes halogenated alkanes) is 4. The first-order valence-corrected chi connectivity index (χ1v) is 7.38. The topological polar surface area (TPSA) is 51.0 Å². The molecule has 0 aliphatic rings. The second-order valence-electron chi connectivity index (χ2n) is 4.75. The third kappa shape index (κ3) is 6.74. The van der Waals surface area contributed by atoms with Crippen molar-refractivity contribution < 1.29 is 4.42 Å². The van der Waals surface area contributed by atoms with E-state index >= 15 is 0 Å². The van der Waals surface area contributed by atoms with E-state index in [-0.39, 0.29) is 0 Å². The highest BCUT2D eigenvalue weighted by Crippen LogP contribution is 2.08. The number of hydrogen-bond acceptors (Lipinski definition) is 4. The van der Waals surface area contributed by atoms with Crippen molar-refractivity contribution in [1.29, 1.82) is 0 Å². The smallest absolute Gasteiger partial charge is 0.217 e. The van der Waals surface area contributed by atoms with E-state index in [1.165, 1.54) is 25.7 Å². The lowest BCUT2D eigenvalue weighted by atomic mass is 10.1. The Morgan fingerprint density at radius 3 is 2.28 bits per heavy atom. The quantitative estimate of drug-likeness (QED) is 0.616. The second-order valence-corrected chi connectivity index (χ2v) is 4.75. The first kappa shape index (κ1) is 15.2. The Bertz CT molecular complexity index is 299. The first-order chi connectivity index (χ1) is 8.86. The van der Waals surface area contributed by atoms with E-state index in [1.807, 2.05) is 0 Å². The van der Waals surface area contributed by atoms with Crippen LogP contribution in [0.5, 0.6) is 0 Å². The first-order valence-electron chi connectivity index (χ1n) is 7.38. The van der Waals surface area contributed by atoms with Crippen molar-refractivity contribution in [2.45, 2.75) is 65.2 Å². The lowest BCUT2D eigenvalue weighted by molar-refractivity contribution is 0.435. The van der Waals surface area contributed by atoms with Gasteiger partial charge in [-0.2, -0.15) is 0 Å². The number of hydrogen-bond donors (Lipinski definition) is 1. The number of rotatable bonds is 11. The second kappa shape index (κ2) is 10.1. The standard InChI is InChI=1S/C14H27N3O/c1-3-5-6-7-8-9-13-16-17-14(18-13)10-12-15-11-4-2/h15H,3-12H2,1-2H3. The summed E-state index contributed by atoms with van der Waals surface area (Å²) in [6.45, 7) is 6.37. The predicted molar refractivity (Wildman–Crippen MR) is 73.6 cm³/mol. The maximum Gasteiger partial charge on any atom is 0.217 e. The van der Waals surface area contributed by atoms with Crippen LogP contribution in [0.2, 0.25) is 0 Å². The maximum absolute atomic E-state index is 5.61. The molecule has 1 aromatic heterocycles. The van der Waals surface area contributed by atoms with Crippen molar-refractivity contribution in [2.75, 3.05) is 13.1 Å². The van der Waals surface area contributed by atoms with Gasteiger partial charge in [-0.1, -0.05) is 39.5 Å². The van der Waals surface area contributed by atoms with E-state index in [9.17, 15) is 0 Å². The largest absolute Gasteiger partial charge is 0.425 e. The van der Waals surface area contributed by atoms with Crippen LogP contribution in [-0.4, -0.2) is 23.3 Å². The molecule has 0 amide bonds. The Balaban J connectivity index is 2.10. The fourth-order valence-electron chi connectivity index (χ4n) is 1.87. The Labute approximate surface area is 111 Å². The summed E-state index contributed by atoms with van der Waals surface area (Å²) in [5.41, 5.74) is 0. The minimum absolute atomic E-state index is 0.766. The van der Waals surface area contributed by atoms with Gasteiger partial charge in [0.1, 0.15) is 0 Å². The highest BCUT2D eigenvalue weighted by Gasteiger charge is 2.05. The SMILES string of the molecule is CCCCCCCc1nnc(CCNCCC)o1. The fourth-order valence-corrected chi connectivity index (χ4v) is 1.87. The Morgan fingerprint density at radius 2 is 1.56 bits per heavy atom. The molecule has 1 N–H and O–H groups in total. The molecule has 0 unspecified atom stereocenters. The van der Waals surface area contributed by atoms with Crippen molar-refractivity contribution in [3.05, 3.63) is 11.8 Å². The maximum atomic E-state index is 5.61. The molecular weight excluding hydrogens is 226 g/mol. The van der Waals surface area contributed by atoms with Crippen LogP contribution in [0.1, 0.15) is 64.2 Å². The van der Waals surface area contributed by atoms with Crippen LogP contribution < -0.4 is 5.32 Å². The van der Waals surface area contributed by atoms with Crippen molar-refractivity contribution >= 4 is 0 Å². The van der Waals surface area contributed by atoms with Crippen LogP contribution >= 0.6 is 0 Å². The molecule has 0 fully saturated rings. The van der Waals surface area contributed by atoms with E-state index in [0.717, 1.165) is 50.6 Å². The minimum atomic E-state index is 0.766. The summed E-state index contributed by atoms with van der Waals surface area (Å²) in [6.07, 6.45) is 9.29. The van der Waals surface area contributed by atoms with E-state index in [1.54, 1.807) is 0 Å². The molecular formula is C14H27N3O. The molecule has 0 spiro atoms. The van der Waals surface area contributed by atoms with Crippen LogP contribution in [0.3, 0.4) is 0 Å². The number of nitrogens with one attached hydrogen (secondary N) is 1. The van der Waals surface area contributed by atoms with Gasteiger partial charge in [0.05, 0.1) is 0 Å². The van der Waals surface area contributed by atoms with Gasteiger partial charge in [0.25, 0.3) is 0 Å². The van der Waals surface area contributed by atoms with Crippen LogP contribution in [0.4, 0.5) is 0 Å². The van der Waals surface area contributed by atoms with Gasteiger partial charge in [-0.3, -0.25) is 0 Å². The summed E-state index contributed by atoms with van der Waals surface area (Å²) in [5, 5.41) is 11.5. The summed E-state index contributed by atoms with van der Waals surface area (Å²) >= 11 is 0. The molecule has 0 aliphatic heterocycles. The van der Waals surface area contributed by atoms with Gasteiger partial charge in [-0.05, 0) is 19.4 Å². The molecule has 0 aliphatic carbocycles. The zero-order valence-electron chi connectivity index (χ0n) is 11.9. The summed E-state index contributed by atoms with van der Waals surface area (Å²) in [5.74, 6) is 1.57. The fraction of sp³-hybridized carbons (Fsp3) is 0.857. The molecule has 104 valence electrons. The number of nitrogens with zero attached hydrogens (tertiary/aromatic N) is 2. The minimum Gasteiger partial charge on any atom is -0.425 e. The van der Waals surface area contributed by atoms with Gasteiger partial charge >= 0.3 is 0 Å². The molecule has 4 heteroatoms. The van der Waals surface area contributed by atoms with Crippen LogP contribution in [0, 0.1) is 0 Å². The molecule has 1 aromatic rings. The normalized spacial score (nSPS) is 11.0. The number of aryl methyl sites for hydroxylation is 1. The van der Waals surface area contributed by atoms with Crippen molar-refractivity contribution in [3.8, 4) is 0 Å². The van der Waals surface area contributed by atoms with Crippen LogP contribution in [0.25, 0.3) is 0 Å². The van der Waals surface area contributed by atoms with Gasteiger partial charge in [0.15, 0.2) is 0 Å². The lowest BCUT2D eigenvalue weighted by Crippen LogP contribution is -2.17. The summed E-state index contributed by atoms with van der Waals surface area (Å²) in [7, 11) is 0. The molecule has 0 aromatic carbocycles. The Hall–Kier alpha value is -0.900. The average molecular weight is 253 g/mol. The molecule has 0 radical (unpaired) electrons. The van der Waals surface area contributed by atoms with Gasteiger partial charge in [-0.25, -0.2) is 0 Å². The molecule has 0 bridgehead atoms.